The molecule has 0 atom stereocenters. The first-order chi connectivity index (χ1) is 17.4. The largest absolute Gasteiger partial charge is 0.467 e. The molecule has 0 aliphatic rings. The molecule has 3 aromatic heterocycles. The highest BCUT2D eigenvalue weighted by Crippen LogP contribution is 2.24. The molecule has 0 bridgehead atoms. The first-order valence-electron chi connectivity index (χ1n) is 11.6. The number of para-hydroxylation sites is 1. The van der Waals surface area contributed by atoms with Crippen LogP contribution in [0.4, 0.5) is 0 Å². The van der Waals surface area contributed by atoms with E-state index < -0.39 is 10.0 Å². The van der Waals surface area contributed by atoms with Crippen molar-refractivity contribution in [3.63, 3.8) is 0 Å². The number of fused-ring (bicyclic) bond motifs is 1. The Morgan fingerprint density at radius 3 is 2.64 bits per heavy atom. The Labute approximate surface area is 211 Å². The molecule has 0 spiro atoms. The van der Waals surface area contributed by atoms with Gasteiger partial charge in [0, 0.05) is 50.8 Å². The van der Waals surface area contributed by atoms with E-state index >= 15 is 0 Å². The summed E-state index contributed by atoms with van der Waals surface area (Å²) in [4.78, 5) is 19.6. The monoisotopic (exact) mass is 510 g/mol. The van der Waals surface area contributed by atoms with Crippen molar-refractivity contribution in [1.82, 2.24) is 18.8 Å². The van der Waals surface area contributed by atoms with Gasteiger partial charge in [0.1, 0.15) is 10.7 Å². The number of pyridine rings is 1. The molecule has 9 nitrogen and oxygen atoms in total. The molecular formula is C26H30N4O5S. The number of methoxy groups -OCH3 is 1. The van der Waals surface area contributed by atoms with Crippen molar-refractivity contribution < 1.29 is 22.4 Å². The van der Waals surface area contributed by atoms with E-state index in [9.17, 15) is 13.2 Å². The van der Waals surface area contributed by atoms with Crippen molar-refractivity contribution in [2.75, 3.05) is 26.8 Å². The fourth-order valence-corrected chi connectivity index (χ4v) is 5.62. The summed E-state index contributed by atoms with van der Waals surface area (Å²) in [5.74, 6) is 0.284. The zero-order chi connectivity index (χ0) is 25.5. The van der Waals surface area contributed by atoms with Gasteiger partial charge in [0.25, 0.3) is 0 Å². The highest BCUT2D eigenvalue weighted by Gasteiger charge is 2.30. The first-order valence-corrected chi connectivity index (χ1v) is 13.1. The molecule has 1 aromatic carbocycles. The van der Waals surface area contributed by atoms with E-state index in [4.69, 9.17) is 9.15 Å². The van der Waals surface area contributed by atoms with Gasteiger partial charge in [-0.25, -0.2) is 8.42 Å². The number of nitrogens with zero attached hydrogens (tertiary/aromatic N) is 4. The minimum atomic E-state index is -4.03. The Morgan fingerprint density at radius 1 is 1.08 bits per heavy atom. The summed E-state index contributed by atoms with van der Waals surface area (Å²) in [7, 11) is -0.568. The SMILES string of the molecule is COCCCN(CC(=O)N(Cc1ccco1)Cc1cccn1C)S(=O)(=O)c1cccc2cccnc12. The molecule has 0 unspecified atom stereocenters. The van der Waals surface area contributed by atoms with Crippen LogP contribution in [-0.4, -0.2) is 59.9 Å². The first kappa shape index (κ1) is 25.6. The second-order valence-corrected chi connectivity index (χ2v) is 10.4. The lowest BCUT2D eigenvalue weighted by Crippen LogP contribution is -2.43. The molecule has 190 valence electrons. The molecule has 10 heteroatoms. The third-order valence-corrected chi connectivity index (χ3v) is 7.84. The van der Waals surface area contributed by atoms with Gasteiger partial charge in [-0.15, -0.1) is 0 Å². The number of carbonyl (C=O) groups is 1. The maximum absolute atomic E-state index is 13.8. The lowest BCUT2D eigenvalue weighted by molar-refractivity contribution is -0.133. The number of carbonyl (C=O) groups excluding carboxylic acids is 1. The lowest BCUT2D eigenvalue weighted by atomic mass is 10.2. The van der Waals surface area contributed by atoms with Gasteiger partial charge in [-0.05, 0) is 42.8 Å². The maximum atomic E-state index is 13.8. The van der Waals surface area contributed by atoms with Crippen LogP contribution in [0.2, 0.25) is 0 Å². The van der Waals surface area contributed by atoms with Crippen LogP contribution in [0.5, 0.6) is 0 Å². The standard InChI is InChI=1S/C26H30N4O5S/c1-28-14-5-10-22(28)18-29(19-23-11-6-17-35-23)25(31)20-30(15-7-16-34-2)36(32,33)24-12-3-8-21-9-4-13-27-26(21)24/h3-6,8-14,17H,7,15-16,18-20H2,1-2H3. The summed E-state index contributed by atoms with van der Waals surface area (Å²) in [5, 5.41) is 0.713. The third-order valence-electron chi connectivity index (χ3n) is 5.96. The number of furan rings is 1. The van der Waals surface area contributed by atoms with Crippen LogP contribution in [-0.2, 0) is 39.7 Å². The van der Waals surface area contributed by atoms with Crippen molar-refractivity contribution in [1.29, 1.82) is 0 Å². The summed E-state index contributed by atoms with van der Waals surface area (Å²) >= 11 is 0. The van der Waals surface area contributed by atoms with Crippen molar-refractivity contribution in [3.8, 4) is 0 Å². The Morgan fingerprint density at radius 2 is 1.92 bits per heavy atom. The van der Waals surface area contributed by atoms with Gasteiger partial charge in [0.05, 0.1) is 31.4 Å². The molecule has 4 aromatic rings. The predicted octanol–water partition coefficient (Wildman–Crippen LogP) is 3.42. The Kier molecular flexibility index (Phi) is 8.19. The normalized spacial score (nSPS) is 11.9. The number of aromatic nitrogens is 2. The molecule has 0 aliphatic heterocycles. The van der Waals surface area contributed by atoms with Crippen LogP contribution in [0.3, 0.4) is 0 Å². The number of hydrogen-bond acceptors (Lipinski definition) is 6. The predicted molar refractivity (Wildman–Crippen MR) is 135 cm³/mol. The number of aryl methyl sites for hydroxylation is 1. The molecule has 0 saturated carbocycles. The Balaban J connectivity index is 1.64. The molecule has 0 saturated heterocycles. The molecule has 0 N–H and O–H groups in total. The van der Waals surface area contributed by atoms with Gasteiger partial charge in [-0.3, -0.25) is 9.78 Å². The number of ether oxygens (including phenoxy) is 1. The molecule has 4 rings (SSSR count). The lowest BCUT2D eigenvalue weighted by Gasteiger charge is -2.27. The van der Waals surface area contributed by atoms with Gasteiger partial charge in [-0.1, -0.05) is 18.2 Å². The van der Waals surface area contributed by atoms with Crippen LogP contribution in [0, 0.1) is 0 Å². The van der Waals surface area contributed by atoms with Crippen LogP contribution >= 0.6 is 0 Å². The Hall–Kier alpha value is -3.47. The van der Waals surface area contributed by atoms with E-state index in [1.807, 2.05) is 42.1 Å². The molecule has 1 amide bonds. The van der Waals surface area contributed by atoms with Gasteiger partial charge < -0.3 is 18.6 Å². The van der Waals surface area contributed by atoms with Crippen molar-refractivity contribution in [3.05, 3.63) is 84.7 Å². The summed E-state index contributed by atoms with van der Waals surface area (Å²) in [6.45, 7) is 0.710. The Bertz CT molecular complexity index is 1390. The van der Waals surface area contributed by atoms with Gasteiger partial charge in [0.2, 0.25) is 15.9 Å². The summed E-state index contributed by atoms with van der Waals surface area (Å²) in [5.41, 5.74) is 1.29. The number of benzene rings is 1. The zero-order valence-electron chi connectivity index (χ0n) is 20.4. The summed E-state index contributed by atoms with van der Waals surface area (Å²) in [6, 6.07) is 16.0. The highest BCUT2D eigenvalue weighted by molar-refractivity contribution is 7.89. The summed E-state index contributed by atoms with van der Waals surface area (Å²) in [6.07, 6.45) is 5.46. The summed E-state index contributed by atoms with van der Waals surface area (Å²) < 4.78 is 41.4. The molecule has 0 fully saturated rings. The van der Waals surface area contributed by atoms with Crippen LogP contribution < -0.4 is 0 Å². The molecule has 0 radical (unpaired) electrons. The highest BCUT2D eigenvalue weighted by atomic mass is 32.2. The minimum absolute atomic E-state index is 0.0748. The van der Waals surface area contributed by atoms with Gasteiger partial charge in [0.15, 0.2) is 0 Å². The van der Waals surface area contributed by atoms with E-state index in [2.05, 4.69) is 4.98 Å². The maximum Gasteiger partial charge on any atom is 0.245 e. The van der Waals surface area contributed by atoms with Gasteiger partial charge >= 0.3 is 0 Å². The van der Waals surface area contributed by atoms with Crippen LogP contribution in [0.1, 0.15) is 17.9 Å². The van der Waals surface area contributed by atoms with Gasteiger partial charge in [-0.2, -0.15) is 4.31 Å². The van der Waals surface area contributed by atoms with Crippen molar-refractivity contribution in [2.24, 2.45) is 7.05 Å². The molecule has 3 heterocycles. The smallest absolute Gasteiger partial charge is 0.245 e. The van der Waals surface area contributed by atoms with E-state index in [0.29, 0.717) is 36.2 Å². The average molecular weight is 511 g/mol. The minimum Gasteiger partial charge on any atom is -0.467 e. The quantitative estimate of drug-likeness (QED) is 0.271. The van der Waals surface area contributed by atoms with Crippen LogP contribution in [0.15, 0.2) is 82.6 Å². The number of hydrogen-bond donors (Lipinski definition) is 0. The fourth-order valence-electron chi connectivity index (χ4n) is 4.02. The second-order valence-electron chi connectivity index (χ2n) is 8.46. The van der Waals surface area contributed by atoms with Crippen molar-refractivity contribution >= 4 is 26.8 Å². The third kappa shape index (κ3) is 5.84. The number of sulfonamides is 1. The number of rotatable bonds is 12. The van der Waals surface area contributed by atoms with Crippen LogP contribution in [0.25, 0.3) is 10.9 Å². The number of amides is 1. The van der Waals surface area contributed by atoms with E-state index in [0.717, 1.165) is 5.69 Å². The molecule has 36 heavy (non-hydrogen) atoms. The fraction of sp³-hybridized carbons (Fsp3) is 0.308. The molecule has 0 aliphatic carbocycles. The zero-order valence-corrected chi connectivity index (χ0v) is 21.2. The average Bonchev–Trinajstić information content (AvgIpc) is 3.54. The van der Waals surface area contributed by atoms with E-state index in [1.165, 1.54) is 10.4 Å². The second kappa shape index (κ2) is 11.5. The van der Waals surface area contributed by atoms with Crippen molar-refractivity contribution in [2.45, 2.75) is 24.4 Å². The topological polar surface area (TPSA) is 97.9 Å². The van der Waals surface area contributed by atoms with E-state index in [1.54, 1.807) is 48.7 Å². The molecular weight excluding hydrogens is 480 g/mol. The van der Waals surface area contributed by atoms with E-state index in [-0.39, 0.29) is 30.4 Å².